The second-order valence-electron chi connectivity index (χ2n) is 8.00. The molecule has 2 aromatic rings. The molecule has 0 aliphatic carbocycles. The third-order valence-corrected chi connectivity index (χ3v) is 7.22. The SMILES string of the molecule is CCN1CCN(CCCNC(=O)c2ccc(NC3=NS(=O)(=O)c4ccccc43)cc2)CC1. The predicted molar refractivity (Wildman–Crippen MR) is 126 cm³/mol. The summed E-state index contributed by atoms with van der Waals surface area (Å²) < 4.78 is 28.2. The van der Waals surface area contributed by atoms with Crippen molar-refractivity contribution < 1.29 is 13.2 Å². The highest BCUT2D eigenvalue weighted by atomic mass is 32.2. The molecule has 2 aromatic carbocycles. The van der Waals surface area contributed by atoms with Crippen molar-refractivity contribution >= 4 is 27.5 Å². The van der Waals surface area contributed by atoms with Crippen LogP contribution in [0.2, 0.25) is 0 Å². The van der Waals surface area contributed by atoms with Crippen molar-refractivity contribution in [3.05, 3.63) is 59.7 Å². The molecule has 2 aliphatic heterocycles. The number of sulfonamides is 1. The van der Waals surface area contributed by atoms with E-state index >= 15 is 0 Å². The van der Waals surface area contributed by atoms with E-state index in [1.165, 1.54) is 0 Å². The van der Waals surface area contributed by atoms with Crippen molar-refractivity contribution in [2.45, 2.75) is 18.2 Å². The average Bonchev–Trinajstić information content (AvgIpc) is 3.07. The zero-order valence-electron chi connectivity index (χ0n) is 18.3. The number of carbonyl (C=O) groups excluding carboxylic acids is 1. The zero-order chi connectivity index (χ0) is 22.6. The van der Waals surface area contributed by atoms with Crippen LogP contribution in [0.25, 0.3) is 0 Å². The second-order valence-corrected chi connectivity index (χ2v) is 9.57. The van der Waals surface area contributed by atoms with Crippen molar-refractivity contribution in [3.8, 4) is 0 Å². The minimum atomic E-state index is -3.67. The molecule has 0 radical (unpaired) electrons. The number of hydrogen-bond donors (Lipinski definition) is 2. The van der Waals surface area contributed by atoms with Gasteiger partial charge in [0.15, 0.2) is 5.84 Å². The van der Waals surface area contributed by atoms with Gasteiger partial charge in [0.25, 0.3) is 15.9 Å². The van der Waals surface area contributed by atoms with E-state index in [0.29, 0.717) is 23.4 Å². The normalized spacial score (nSPS) is 18.1. The predicted octanol–water partition coefficient (Wildman–Crippen LogP) is 2.00. The van der Waals surface area contributed by atoms with Crippen LogP contribution in [0.15, 0.2) is 57.8 Å². The number of nitrogens with one attached hydrogen (secondary N) is 2. The lowest BCUT2D eigenvalue weighted by atomic mass is 10.1. The molecule has 0 saturated carbocycles. The smallest absolute Gasteiger partial charge is 0.285 e. The first kappa shape index (κ1) is 22.4. The monoisotopic (exact) mass is 455 g/mol. The molecule has 8 nitrogen and oxygen atoms in total. The number of fused-ring (bicyclic) bond motifs is 1. The summed E-state index contributed by atoms with van der Waals surface area (Å²) in [5.74, 6) is 0.177. The Morgan fingerprint density at radius 1 is 1.00 bits per heavy atom. The molecular weight excluding hydrogens is 426 g/mol. The highest BCUT2D eigenvalue weighted by Gasteiger charge is 2.28. The van der Waals surface area contributed by atoms with Gasteiger partial charge >= 0.3 is 0 Å². The topological polar surface area (TPSA) is 94.1 Å². The number of amidine groups is 1. The van der Waals surface area contributed by atoms with Crippen LogP contribution in [0.1, 0.15) is 29.3 Å². The molecule has 170 valence electrons. The summed E-state index contributed by atoms with van der Waals surface area (Å²) in [6, 6.07) is 13.6. The number of anilines is 1. The Hall–Kier alpha value is -2.75. The molecule has 1 saturated heterocycles. The van der Waals surface area contributed by atoms with E-state index in [-0.39, 0.29) is 16.6 Å². The largest absolute Gasteiger partial charge is 0.352 e. The van der Waals surface area contributed by atoms with Gasteiger partial charge in [0.05, 0.1) is 0 Å². The molecular formula is C23H29N5O3S. The van der Waals surface area contributed by atoms with Crippen molar-refractivity contribution in [2.24, 2.45) is 4.40 Å². The fourth-order valence-corrected chi connectivity index (χ4v) is 5.15. The molecule has 0 bridgehead atoms. The lowest BCUT2D eigenvalue weighted by molar-refractivity contribution is 0.0948. The van der Waals surface area contributed by atoms with Gasteiger partial charge in [-0.05, 0) is 55.9 Å². The number of hydrogen-bond acceptors (Lipinski definition) is 6. The molecule has 2 aliphatic rings. The summed E-state index contributed by atoms with van der Waals surface area (Å²) in [7, 11) is -3.67. The van der Waals surface area contributed by atoms with Crippen molar-refractivity contribution in [1.82, 2.24) is 15.1 Å². The Morgan fingerprint density at radius 3 is 2.41 bits per heavy atom. The summed E-state index contributed by atoms with van der Waals surface area (Å²) >= 11 is 0. The first-order chi connectivity index (χ1) is 15.5. The highest BCUT2D eigenvalue weighted by molar-refractivity contribution is 7.90. The Balaban J connectivity index is 1.26. The molecule has 0 aromatic heterocycles. The Kier molecular flexibility index (Phi) is 6.88. The fourth-order valence-electron chi connectivity index (χ4n) is 3.97. The standard InChI is InChI=1S/C23H29N5O3S/c1-2-27-14-16-28(17-15-27)13-5-12-24-23(29)18-8-10-19(11-9-18)25-22-20-6-3-4-7-21(20)32(30,31)26-22/h3-4,6-11H,2,5,12-17H2,1H3,(H,24,29)(H,25,26). The van der Waals surface area contributed by atoms with Crippen LogP contribution in [-0.4, -0.2) is 75.8 Å². The van der Waals surface area contributed by atoms with E-state index < -0.39 is 10.0 Å². The Bertz CT molecular complexity index is 1090. The fraction of sp³-hybridized carbons (Fsp3) is 0.391. The molecule has 2 N–H and O–H groups in total. The maximum atomic E-state index is 12.4. The van der Waals surface area contributed by atoms with E-state index in [1.54, 1.807) is 48.5 Å². The molecule has 32 heavy (non-hydrogen) atoms. The summed E-state index contributed by atoms with van der Waals surface area (Å²) in [5, 5.41) is 6.02. The van der Waals surface area contributed by atoms with Gasteiger partial charge in [-0.15, -0.1) is 4.40 Å². The van der Waals surface area contributed by atoms with Crippen molar-refractivity contribution in [2.75, 3.05) is 51.1 Å². The summed E-state index contributed by atoms with van der Waals surface area (Å²) in [6.45, 7) is 9.35. The van der Waals surface area contributed by atoms with Gasteiger partial charge in [-0.25, -0.2) is 0 Å². The lowest BCUT2D eigenvalue weighted by Crippen LogP contribution is -2.46. The highest BCUT2D eigenvalue weighted by Crippen LogP contribution is 2.26. The van der Waals surface area contributed by atoms with Crippen LogP contribution < -0.4 is 10.6 Å². The van der Waals surface area contributed by atoms with E-state index in [2.05, 4.69) is 31.8 Å². The first-order valence-corrected chi connectivity index (χ1v) is 12.4. The van der Waals surface area contributed by atoms with E-state index in [9.17, 15) is 13.2 Å². The average molecular weight is 456 g/mol. The molecule has 1 amide bonds. The van der Waals surface area contributed by atoms with Crippen molar-refractivity contribution in [1.29, 1.82) is 0 Å². The zero-order valence-corrected chi connectivity index (χ0v) is 19.1. The van der Waals surface area contributed by atoms with E-state index in [0.717, 1.165) is 45.7 Å². The number of benzene rings is 2. The van der Waals surface area contributed by atoms with E-state index in [4.69, 9.17) is 0 Å². The lowest BCUT2D eigenvalue weighted by Gasteiger charge is -2.33. The number of rotatable bonds is 7. The molecule has 0 atom stereocenters. The minimum absolute atomic E-state index is 0.113. The third-order valence-electron chi connectivity index (χ3n) is 5.89. The first-order valence-electron chi connectivity index (χ1n) is 11.0. The van der Waals surface area contributed by atoms with Crippen LogP contribution in [0, 0.1) is 0 Å². The van der Waals surface area contributed by atoms with Gasteiger partial charge in [0, 0.05) is 49.5 Å². The third kappa shape index (κ3) is 5.17. The molecule has 9 heteroatoms. The molecule has 4 rings (SSSR count). The summed E-state index contributed by atoms with van der Waals surface area (Å²) in [5.41, 5.74) is 1.78. The second kappa shape index (κ2) is 9.81. The van der Waals surface area contributed by atoms with Crippen LogP contribution in [0.3, 0.4) is 0 Å². The minimum Gasteiger partial charge on any atom is -0.352 e. The molecule has 1 fully saturated rings. The quantitative estimate of drug-likeness (QED) is 0.621. The van der Waals surface area contributed by atoms with Crippen LogP contribution in [0.4, 0.5) is 5.69 Å². The van der Waals surface area contributed by atoms with E-state index in [1.807, 2.05) is 0 Å². The maximum Gasteiger partial charge on any atom is 0.285 e. The molecule has 0 spiro atoms. The summed E-state index contributed by atoms with van der Waals surface area (Å²) in [4.78, 5) is 17.5. The summed E-state index contributed by atoms with van der Waals surface area (Å²) in [6.07, 6.45) is 0.922. The number of piperazine rings is 1. The van der Waals surface area contributed by atoms with Gasteiger partial charge in [-0.3, -0.25) is 4.79 Å². The number of nitrogens with zero attached hydrogens (tertiary/aromatic N) is 3. The molecule has 2 heterocycles. The maximum absolute atomic E-state index is 12.4. The Morgan fingerprint density at radius 2 is 1.69 bits per heavy atom. The van der Waals surface area contributed by atoms with Gasteiger partial charge in [0.2, 0.25) is 0 Å². The van der Waals surface area contributed by atoms with Crippen LogP contribution in [-0.2, 0) is 10.0 Å². The van der Waals surface area contributed by atoms with Gasteiger partial charge < -0.3 is 20.4 Å². The van der Waals surface area contributed by atoms with Crippen molar-refractivity contribution in [3.63, 3.8) is 0 Å². The van der Waals surface area contributed by atoms with Crippen LogP contribution in [0.5, 0.6) is 0 Å². The number of carbonyl (C=O) groups is 1. The number of likely N-dealkylation sites (N-methyl/N-ethyl adjacent to an activating group) is 1. The van der Waals surface area contributed by atoms with Crippen LogP contribution >= 0.6 is 0 Å². The Labute approximate surface area is 189 Å². The number of amides is 1. The van der Waals surface area contributed by atoms with Gasteiger partial charge in [-0.1, -0.05) is 19.1 Å². The molecule has 0 unspecified atom stereocenters. The van der Waals surface area contributed by atoms with Gasteiger partial charge in [0.1, 0.15) is 4.90 Å². The van der Waals surface area contributed by atoms with Gasteiger partial charge in [-0.2, -0.15) is 8.42 Å².